The van der Waals surface area contributed by atoms with Crippen molar-refractivity contribution < 1.29 is 28.9 Å². The number of epoxide rings is 1. The largest absolute Gasteiger partial charge is 0.472 e. The number of aliphatic hydroxyl groups excluding tert-OH is 2. The van der Waals surface area contributed by atoms with Crippen LogP contribution in [0.3, 0.4) is 0 Å². The zero-order chi connectivity index (χ0) is 20.2. The predicted octanol–water partition coefficient (Wildman–Crippen LogP) is 2.71. The molecular weight excluding hydrogens is 360 g/mol. The molecule has 1 aliphatic heterocycles. The Kier molecular flexibility index (Phi) is 4.88. The van der Waals surface area contributed by atoms with E-state index in [9.17, 15) is 15.0 Å². The minimum absolute atomic E-state index is 0.0965. The molecule has 156 valence electrons. The summed E-state index contributed by atoms with van der Waals surface area (Å²) in [6.07, 6.45) is 5.86. The van der Waals surface area contributed by atoms with Crippen molar-refractivity contribution in [3.8, 4) is 0 Å². The van der Waals surface area contributed by atoms with Gasteiger partial charge < -0.3 is 24.1 Å². The Bertz CT molecular complexity index is 711. The van der Waals surface area contributed by atoms with Gasteiger partial charge in [-0.15, -0.1) is 0 Å². The molecule has 6 nitrogen and oxygen atoms in total. The van der Waals surface area contributed by atoms with Crippen LogP contribution < -0.4 is 0 Å². The molecule has 2 N–H and O–H groups in total. The summed E-state index contributed by atoms with van der Waals surface area (Å²) < 4.78 is 16.7. The summed E-state index contributed by atoms with van der Waals surface area (Å²) in [4.78, 5) is 11.7. The van der Waals surface area contributed by atoms with E-state index in [4.69, 9.17) is 13.9 Å². The highest BCUT2D eigenvalue weighted by Gasteiger charge is 2.75. The lowest BCUT2D eigenvalue weighted by molar-refractivity contribution is -0.246. The van der Waals surface area contributed by atoms with Gasteiger partial charge in [0.1, 0.15) is 12.2 Å². The fourth-order valence-electron chi connectivity index (χ4n) is 6.36. The van der Waals surface area contributed by atoms with Gasteiger partial charge >= 0.3 is 5.97 Å². The molecule has 2 aliphatic carbocycles. The minimum Gasteiger partial charge on any atom is -0.472 e. The van der Waals surface area contributed by atoms with Crippen molar-refractivity contribution in [2.45, 2.75) is 70.7 Å². The third kappa shape index (κ3) is 2.84. The Morgan fingerprint density at radius 1 is 1.39 bits per heavy atom. The molecule has 6 heteroatoms. The zero-order valence-electron chi connectivity index (χ0n) is 17.0. The van der Waals surface area contributed by atoms with E-state index in [1.165, 1.54) is 6.92 Å². The number of esters is 1. The second kappa shape index (κ2) is 6.85. The number of carbonyl (C=O) groups excluding carboxylic acids is 1. The summed E-state index contributed by atoms with van der Waals surface area (Å²) in [7, 11) is 0. The van der Waals surface area contributed by atoms with Crippen molar-refractivity contribution in [2.75, 3.05) is 13.2 Å². The highest BCUT2D eigenvalue weighted by atomic mass is 16.6. The fourth-order valence-corrected chi connectivity index (χ4v) is 6.36. The number of carbonyl (C=O) groups is 1. The van der Waals surface area contributed by atoms with Crippen LogP contribution in [0.25, 0.3) is 0 Å². The molecular formula is C22H32O6. The lowest BCUT2D eigenvalue weighted by Crippen LogP contribution is -2.69. The Labute approximate surface area is 166 Å². The molecule has 1 aromatic heterocycles. The predicted molar refractivity (Wildman–Crippen MR) is 101 cm³/mol. The standard InChI is InChI=1S/C22H32O6/c1-14-10-18(25)22(13-27-15(2)23)19(17(24)5-8-21(22)12-28-21)20(14,3)7-4-16-6-9-26-11-16/h6,9,11,14,17-19,24-25H,4-5,7-8,10,12-13H2,1-3H3/t14-,17+,18+,19-,20+,21+,22-/m1/s1. The first-order valence-corrected chi connectivity index (χ1v) is 10.4. The molecule has 1 aromatic rings. The van der Waals surface area contributed by atoms with Gasteiger partial charge in [-0.2, -0.15) is 0 Å². The number of rotatable bonds is 5. The van der Waals surface area contributed by atoms with E-state index in [0.29, 0.717) is 25.9 Å². The topological polar surface area (TPSA) is 92.4 Å². The van der Waals surface area contributed by atoms with Crippen molar-refractivity contribution >= 4 is 5.97 Å². The fraction of sp³-hybridized carbons (Fsp3) is 0.773. The normalized spacial score (nSPS) is 44.9. The van der Waals surface area contributed by atoms with Gasteiger partial charge in [-0.25, -0.2) is 0 Å². The molecule has 1 spiro atoms. The Hall–Kier alpha value is -1.37. The first-order valence-electron chi connectivity index (χ1n) is 10.4. The van der Waals surface area contributed by atoms with Crippen molar-refractivity contribution in [1.82, 2.24) is 0 Å². The first-order chi connectivity index (χ1) is 13.3. The van der Waals surface area contributed by atoms with Crippen LogP contribution >= 0.6 is 0 Å². The second-order valence-electron chi connectivity index (χ2n) is 9.48. The average Bonchev–Trinajstić information content (AvgIpc) is 3.23. The van der Waals surface area contributed by atoms with E-state index in [1.54, 1.807) is 12.5 Å². The van der Waals surface area contributed by atoms with E-state index in [-0.39, 0.29) is 29.8 Å². The van der Waals surface area contributed by atoms with Gasteiger partial charge in [0.05, 0.1) is 36.8 Å². The number of furan rings is 1. The molecule has 3 fully saturated rings. The van der Waals surface area contributed by atoms with Gasteiger partial charge in [-0.05, 0) is 55.1 Å². The quantitative estimate of drug-likeness (QED) is 0.591. The van der Waals surface area contributed by atoms with Gasteiger partial charge in [0, 0.05) is 12.8 Å². The van der Waals surface area contributed by atoms with Crippen LogP contribution in [0.4, 0.5) is 0 Å². The summed E-state index contributed by atoms with van der Waals surface area (Å²) >= 11 is 0. The molecule has 2 saturated carbocycles. The molecule has 1 saturated heterocycles. The van der Waals surface area contributed by atoms with Crippen LogP contribution in [0.2, 0.25) is 0 Å². The van der Waals surface area contributed by atoms with Gasteiger partial charge in [-0.3, -0.25) is 4.79 Å². The number of aliphatic hydroxyl groups is 2. The Morgan fingerprint density at radius 3 is 2.75 bits per heavy atom. The highest BCUT2D eigenvalue weighted by Crippen LogP contribution is 2.68. The molecule has 0 amide bonds. The molecule has 2 heterocycles. The molecule has 0 bridgehead atoms. The Morgan fingerprint density at radius 2 is 2.14 bits per heavy atom. The summed E-state index contributed by atoms with van der Waals surface area (Å²) in [5, 5.41) is 22.5. The minimum atomic E-state index is -0.770. The van der Waals surface area contributed by atoms with E-state index in [2.05, 4.69) is 13.8 Å². The van der Waals surface area contributed by atoms with Crippen LogP contribution in [0.1, 0.15) is 52.0 Å². The third-order valence-electron chi connectivity index (χ3n) is 8.18. The SMILES string of the molecule is CC(=O)OC[C@@]12[C@H]([C@@H](O)CC[C@]13CO3)[C@@](C)(CCc1ccoc1)[C@H](C)C[C@@H]2O. The number of hydrogen-bond donors (Lipinski definition) is 2. The third-order valence-corrected chi connectivity index (χ3v) is 8.18. The number of fused-ring (bicyclic) bond motifs is 2. The van der Waals surface area contributed by atoms with Crippen molar-refractivity contribution in [3.05, 3.63) is 24.2 Å². The maximum atomic E-state index is 11.7. The average molecular weight is 392 g/mol. The molecule has 0 aromatic carbocycles. The van der Waals surface area contributed by atoms with Crippen molar-refractivity contribution in [3.63, 3.8) is 0 Å². The molecule has 3 aliphatic rings. The summed E-state index contributed by atoms with van der Waals surface area (Å²) in [5.41, 5.74) is -0.362. The molecule has 7 atom stereocenters. The van der Waals surface area contributed by atoms with Gasteiger partial charge in [0.2, 0.25) is 0 Å². The summed E-state index contributed by atoms with van der Waals surface area (Å²) in [6, 6.07) is 1.97. The van der Waals surface area contributed by atoms with Crippen molar-refractivity contribution in [2.24, 2.45) is 22.7 Å². The number of ether oxygens (including phenoxy) is 2. The zero-order valence-corrected chi connectivity index (χ0v) is 17.0. The van der Waals surface area contributed by atoms with E-state index in [1.807, 2.05) is 6.07 Å². The van der Waals surface area contributed by atoms with Gasteiger partial charge in [0.25, 0.3) is 0 Å². The lowest BCUT2D eigenvalue weighted by Gasteiger charge is -2.63. The smallest absolute Gasteiger partial charge is 0.302 e. The van der Waals surface area contributed by atoms with Crippen molar-refractivity contribution in [1.29, 1.82) is 0 Å². The number of aryl methyl sites for hydroxylation is 1. The van der Waals surface area contributed by atoms with Crippen LogP contribution in [-0.2, 0) is 20.7 Å². The van der Waals surface area contributed by atoms with Crippen LogP contribution in [-0.4, -0.2) is 47.2 Å². The van der Waals surface area contributed by atoms with Gasteiger partial charge in [0.15, 0.2) is 0 Å². The van der Waals surface area contributed by atoms with Crippen LogP contribution in [0.15, 0.2) is 23.0 Å². The van der Waals surface area contributed by atoms with E-state index >= 15 is 0 Å². The van der Waals surface area contributed by atoms with Gasteiger partial charge in [-0.1, -0.05) is 13.8 Å². The van der Waals surface area contributed by atoms with E-state index < -0.39 is 23.2 Å². The lowest BCUT2D eigenvalue weighted by atomic mass is 9.42. The molecule has 0 unspecified atom stereocenters. The molecule has 4 rings (SSSR count). The van der Waals surface area contributed by atoms with Crippen LogP contribution in [0, 0.1) is 22.7 Å². The second-order valence-corrected chi connectivity index (χ2v) is 9.48. The molecule has 28 heavy (non-hydrogen) atoms. The summed E-state index contributed by atoms with van der Waals surface area (Å²) in [6.45, 7) is 6.43. The number of hydrogen-bond acceptors (Lipinski definition) is 6. The maximum Gasteiger partial charge on any atom is 0.302 e. The summed E-state index contributed by atoms with van der Waals surface area (Å²) in [5.74, 6) is -0.357. The highest BCUT2D eigenvalue weighted by molar-refractivity contribution is 5.66. The molecule has 0 radical (unpaired) electrons. The first kappa shape index (κ1) is 19.9. The Balaban J connectivity index is 1.73. The monoisotopic (exact) mass is 392 g/mol. The maximum absolute atomic E-state index is 11.7. The van der Waals surface area contributed by atoms with Crippen LogP contribution in [0.5, 0.6) is 0 Å². The van der Waals surface area contributed by atoms with E-state index in [0.717, 1.165) is 18.4 Å².